The molecule has 28 heteroatoms. The van der Waals surface area contributed by atoms with Crippen LogP contribution in [0.1, 0.15) is 196 Å². The molecule has 28 nitrogen and oxygen atoms in total. The van der Waals surface area contributed by atoms with Crippen molar-refractivity contribution in [3.63, 3.8) is 0 Å². The molecule has 0 spiro atoms. The molecule has 94 heavy (non-hydrogen) atoms. The van der Waals surface area contributed by atoms with Gasteiger partial charge in [-0.05, 0) is 89.4 Å². The maximum Gasteiger partial charge on any atom is 0.223 e. The fourth-order valence-electron chi connectivity index (χ4n) is 11.0. The van der Waals surface area contributed by atoms with Gasteiger partial charge in [0, 0.05) is 110 Å². The predicted octanol–water partition coefficient (Wildman–Crippen LogP) is 1.39. The van der Waals surface area contributed by atoms with Gasteiger partial charge in [-0.3, -0.25) is 33.6 Å². The topological polar surface area (TPSA) is 426 Å². The van der Waals surface area contributed by atoms with Gasteiger partial charge < -0.3 is 106 Å². The number of aliphatic hydroxyl groups excluding tert-OH is 9. The Balaban J connectivity index is 0.00000729. The lowest BCUT2D eigenvalue weighted by Gasteiger charge is -2.42. The second-order valence-corrected chi connectivity index (χ2v) is 25.9. The Bertz CT molecular complexity index is 2100. The molecule has 5 amide bonds. The van der Waals surface area contributed by atoms with Crippen LogP contribution in [0, 0.1) is 23.7 Å². The van der Waals surface area contributed by atoms with E-state index in [1.807, 2.05) is 0 Å². The van der Waals surface area contributed by atoms with Crippen molar-refractivity contribution in [2.75, 3.05) is 73.0 Å². The van der Waals surface area contributed by atoms with Gasteiger partial charge in [0.2, 0.25) is 29.5 Å². The van der Waals surface area contributed by atoms with Gasteiger partial charge in [-0.25, -0.2) is 0 Å². The van der Waals surface area contributed by atoms with Gasteiger partial charge in [0.1, 0.15) is 54.6 Å². The maximum absolute atomic E-state index is 14.3. The average molecular weight is 1350 g/mol. The second kappa shape index (κ2) is 50.4. The summed E-state index contributed by atoms with van der Waals surface area (Å²) in [4.78, 5) is 91.2. The number of carbonyl (C=O) groups is 7. The van der Waals surface area contributed by atoms with E-state index < -0.39 is 129 Å². The van der Waals surface area contributed by atoms with Crippen LogP contribution in [0.4, 0.5) is 0 Å². The van der Waals surface area contributed by atoms with E-state index >= 15 is 0 Å². The van der Waals surface area contributed by atoms with Crippen molar-refractivity contribution < 1.29 is 113 Å². The number of Topliss-reactive ketones (excluding diaryl/α,β-unsaturated/α-hetero) is 2. The average Bonchev–Trinajstić information content (AvgIpc) is 0.893. The second-order valence-electron chi connectivity index (χ2n) is 25.9. The van der Waals surface area contributed by atoms with Crippen LogP contribution in [0.5, 0.6) is 0 Å². The van der Waals surface area contributed by atoms with Crippen molar-refractivity contribution in [1.29, 1.82) is 0 Å². The maximum atomic E-state index is 14.3. The minimum Gasteiger partial charge on any atom is -0.394 e. The molecular weight excluding hydrogens is 1230 g/mol. The van der Waals surface area contributed by atoms with Gasteiger partial charge in [0.05, 0.1) is 44.7 Å². The van der Waals surface area contributed by atoms with E-state index in [-0.39, 0.29) is 80.5 Å². The van der Waals surface area contributed by atoms with E-state index in [0.29, 0.717) is 155 Å². The summed E-state index contributed by atoms with van der Waals surface area (Å²) < 4.78 is 39.2. The van der Waals surface area contributed by atoms with Gasteiger partial charge >= 0.3 is 0 Å². The lowest BCUT2D eigenvalue weighted by atomic mass is 9.91. The zero-order valence-electron chi connectivity index (χ0n) is 57.2. The summed E-state index contributed by atoms with van der Waals surface area (Å²) in [5, 5.41) is 105. The Kier molecular flexibility index (Phi) is 46.2. The summed E-state index contributed by atoms with van der Waals surface area (Å²) in [5.74, 6) is -2.70. The molecule has 0 radical (unpaired) electrons. The fraction of sp³-hybridized carbons (Fsp3) is 0.894. The third-order valence-corrected chi connectivity index (χ3v) is 16.7. The number of rotatable bonds is 49. The van der Waals surface area contributed by atoms with Crippen LogP contribution in [0.25, 0.3) is 0 Å². The predicted molar refractivity (Wildman–Crippen MR) is 345 cm³/mol. The number of unbranched alkanes of at least 4 members (excludes halogenated alkanes) is 10. The van der Waals surface area contributed by atoms with Crippen molar-refractivity contribution in [3.05, 3.63) is 0 Å². The highest BCUT2D eigenvalue weighted by atomic mass is 16.7. The van der Waals surface area contributed by atoms with E-state index in [2.05, 4.69) is 47.4 Å². The highest BCUT2D eigenvalue weighted by molar-refractivity contribution is 5.92. The van der Waals surface area contributed by atoms with Gasteiger partial charge in [-0.15, -0.1) is 0 Å². The number of carbonyl (C=O) groups excluding carboxylic acids is 7. The first-order valence-electron chi connectivity index (χ1n) is 34.5. The van der Waals surface area contributed by atoms with E-state index in [9.17, 15) is 79.5 Å². The third kappa shape index (κ3) is 35.0. The van der Waals surface area contributed by atoms with Crippen molar-refractivity contribution in [3.8, 4) is 0 Å². The van der Waals surface area contributed by atoms with Gasteiger partial charge in [-0.1, -0.05) is 66.7 Å². The zero-order valence-corrected chi connectivity index (χ0v) is 57.2. The summed E-state index contributed by atoms with van der Waals surface area (Å²) >= 11 is 0. The molecule has 3 aliphatic heterocycles. The lowest BCUT2D eigenvalue weighted by Crippen LogP contribution is -2.64. The normalized spacial score (nSPS) is 26.7. The number of methoxy groups -OCH3 is 1. The molecular formula is C66H121N5O23. The zero-order chi connectivity index (χ0) is 70.0. The fourth-order valence-corrected chi connectivity index (χ4v) is 11.0. The van der Waals surface area contributed by atoms with Crippen LogP contribution >= 0.6 is 0 Å². The largest absolute Gasteiger partial charge is 0.394 e. The highest BCUT2D eigenvalue weighted by Gasteiger charge is 2.46. The first kappa shape index (κ1) is 86.1. The standard InChI is InChI=1S/C62H111N5O23.C4H10/c1-39-53(77)55(79)46(36-68)88-60(39)85-31-18-6-10-24-50(75)64-29-17-14-23-44(67-51(76)26-12-8-19-32-86-61-40(2)54(78)56(80)47(37-69)89-61)45(73)35-42(59(83)65-30-15-5-9-22-43(72)27-34-84-4)21-13-16-28-63-49(74)25-11-7-20-33-87-62-52(66-41(3)71)58(82)57(81)48(38-70)90-62;1-4(2)3/h39-40,42,44,46-48,52-58,60-62,68-70,77-82H,5-38H2,1-4H3,(H,63,74)(H,64,75)(H,65,83)(H,66,71)(H,67,76);4H,1-3H3/t39?,40?,42?,44?,46?,47?,48?,52?,53-,54-,55+,56+,57+,58-,60-,61-,62-;/m1./s1. The number of hydrogen-bond acceptors (Lipinski definition) is 23. The van der Waals surface area contributed by atoms with E-state index in [0.717, 1.165) is 5.92 Å². The van der Waals surface area contributed by atoms with Crippen LogP contribution < -0.4 is 26.6 Å². The Hall–Kier alpha value is -3.95. The molecule has 548 valence electrons. The molecule has 3 heterocycles. The molecule has 8 unspecified atom stereocenters. The quantitative estimate of drug-likeness (QED) is 0.0383. The molecule has 3 fully saturated rings. The molecule has 3 rings (SSSR count). The van der Waals surface area contributed by atoms with Gasteiger partial charge in [0.15, 0.2) is 24.7 Å². The van der Waals surface area contributed by atoms with Crippen LogP contribution in [0.2, 0.25) is 0 Å². The van der Waals surface area contributed by atoms with Crippen molar-refractivity contribution in [2.45, 2.75) is 282 Å². The smallest absolute Gasteiger partial charge is 0.223 e. The highest BCUT2D eigenvalue weighted by Crippen LogP contribution is 2.29. The summed E-state index contributed by atoms with van der Waals surface area (Å²) in [6, 6.07) is -1.99. The molecule has 17 atom stereocenters. The Morgan fingerprint density at radius 3 is 1.33 bits per heavy atom. The molecule has 14 N–H and O–H groups in total. The molecule has 0 aromatic carbocycles. The minimum absolute atomic E-state index is 0.0920. The Morgan fingerprint density at radius 1 is 0.457 bits per heavy atom. The molecule has 0 aromatic rings. The number of hydrogen-bond donors (Lipinski definition) is 14. The number of amides is 5. The number of nitrogens with one attached hydrogen (secondary N) is 5. The third-order valence-electron chi connectivity index (χ3n) is 16.7. The number of ether oxygens (including phenoxy) is 7. The Labute approximate surface area is 556 Å². The molecule has 0 saturated carbocycles. The van der Waals surface area contributed by atoms with Crippen molar-refractivity contribution >= 4 is 41.1 Å². The van der Waals surface area contributed by atoms with E-state index in [1.165, 1.54) is 14.0 Å². The summed E-state index contributed by atoms with van der Waals surface area (Å²) in [6.07, 6.45) is -2.71. The first-order valence-corrected chi connectivity index (χ1v) is 34.5. The molecule has 3 aliphatic rings. The summed E-state index contributed by atoms with van der Waals surface area (Å²) in [5.41, 5.74) is 0. The summed E-state index contributed by atoms with van der Waals surface area (Å²) in [6.45, 7) is 11.6. The minimum atomic E-state index is -1.43. The van der Waals surface area contributed by atoms with Crippen LogP contribution in [-0.2, 0) is 66.7 Å². The summed E-state index contributed by atoms with van der Waals surface area (Å²) in [7, 11) is 1.54. The first-order chi connectivity index (χ1) is 44.9. The van der Waals surface area contributed by atoms with E-state index in [1.54, 1.807) is 13.8 Å². The lowest BCUT2D eigenvalue weighted by molar-refractivity contribution is -0.282. The van der Waals surface area contributed by atoms with Gasteiger partial charge in [-0.2, -0.15) is 0 Å². The molecule has 0 bridgehead atoms. The van der Waals surface area contributed by atoms with Crippen molar-refractivity contribution in [2.24, 2.45) is 23.7 Å². The molecule has 0 aromatic heterocycles. The van der Waals surface area contributed by atoms with Crippen LogP contribution in [0.3, 0.4) is 0 Å². The van der Waals surface area contributed by atoms with E-state index in [4.69, 9.17) is 33.2 Å². The van der Waals surface area contributed by atoms with Gasteiger partial charge in [0.25, 0.3) is 0 Å². The Morgan fingerprint density at radius 2 is 0.862 bits per heavy atom. The number of ketones is 2. The van der Waals surface area contributed by atoms with Crippen LogP contribution in [0.15, 0.2) is 0 Å². The molecule has 0 aliphatic carbocycles. The monoisotopic (exact) mass is 1350 g/mol. The SMILES string of the molecule is CC(C)C.COCCC(=O)CCCCCNC(=O)C(CCCCNC(=O)CCCCCO[C@@H]1OC(CO)[C@H](O)[C@H](O)C1NC(C)=O)CC(=O)C(CCCCNC(=O)CCCCCO[C@@H]1OC(CO)[C@H](O)[C@H](O)C1C)NC(=O)CCCCCO[C@@H]1OC(CO)[C@H](O)[C@H](O)C1C. The molecule has 3 saturated heterocycles. The van der Waals surface area contributed by atoms with Crippen LogP contribution in [-0.4, -0.2) is 246 Å². The van der Waals surface area contributed by atoms with Crippen molar-refractivity contribution in [1.82, 2.24) is 26.6 Å². The number of aliphatic hydroxyl groups is 9.